The van der Waals surface area contributed by atoms with E-state index < -0.39 is 23.7 Å². The number of alkyl halides is 4. The average Bonchev–Trinajstić information content (AvgIpc) is 2.57. The van der Waals surface area contributed by atoms with Crippen LogP contribution in [0.4, 0.5) is 23.2 Å². The summed E-state index contributed by atoms with van der Waals surface area (Å²) in [4.78, 5) is 22.7. The molecule has 0 fully saturated rings. The summed E-state index contributed by atoms with van der Waals surface area (Å²) in [6, 6.07) is 3.44. The van der Waals surface area contributed by atoms with Gasteiger partial charge in [0.2, 0.25) is 11.7 Å². The normalized spacial score (nSPS) is 15.6. The predicted molar refractivity (Wildman–Crippen MR) is 63.3 cm³/mol. The lowest BCUT2D eigenvalue weighted by Crippen LogP contribution is -2.36. The Morgan fingerprint density at radius 1 is 1.25 bits per heavy atom. The maximum atomic E-state index is 13.0. The molecule has 0 unspecified atom stereocenters. The Bertz CT molecular complexity index is 557. The van der Waals surface area contributed by atoms with Crippen LogP contribution in [0.5, 0.6) is 0 Å². The van der Waals surface area contributed by atoms with Gasteiger partial charge in [0, 0.05) is 17.7 Å². The van der Waals surface area contributed by atoms with Crippen LogP contribution in [0.25, 0.3) is 0 Å². The minimum atomic E-state index is -4.71. The average molecular weight is 289 g/mol. The second kappa shape index (κ2) is 5.22. The van der Waals surface area contributed by atoms with Crippen molar-refractivity contribution < 1.29 is 27.2 Å². The zero-order valence-electron chi connectivity index (χ0n) is 10.3. The van der Waals surface area contributed by atoms with Gasteiger partial charge in [-0.3, -0.25) is 9.59 Å². The van der Waals surface area contributed by atoms with Crippen LogP contribution in [0.2, 0.25) is 0 Å². The van der Waals surface area contributed by atoms with E-state index in [0.717, 1.165) is 12.1 Å². The lowest BCUT2D eigenvalue weighted by molar-refractivity contribution is -0.116. The Morgan fingerprint density at radius 3 is 2.60 bits per heavy atom. The van der Waals surface area contributed by atoms with Crippen molar-refractivity contribution in [2.75, 3.05) is 5.32 Å². The molecule has 0 radical (unpaired) electrons. The summed E-state index contributed by atoms with van der Waals surface area (Å²) in [5.41, 5.74) is 0.432. The van der Waals surface area contributed by atoms with Gasteiger partial charge in [-0.25, -0.2) is 8.78 Å². The summed E-state index contributed by atoms with van der Waals surface area (Å²) in [6.45, 7) is 0. The molecule has 1 amide bonds. The van der Waals surface area contributed by atoms with Gasteiger partial charge in [0.15, 0.2) is 0 Å². The van der Waals surface area contributed by atoms with Gasteiger partial charge in [-0.2, -0.15) is 8.78 Å². The molecule has 0 spiro atoms. The first-order valence-electron chi connectivity index (χ1n) is 5.96. The van der Waals surface area contributed by atoms with E-state index in [1.165, 1.54) is 6.07 Å². The maximum absolute atomic E-state index is 13.0. The molecule has 108 valence electrons. The first-order chi connectivity index (χ1) is 9.32. The molecular weight excluding hydrogens is 278 g/mol. The summed E-state index contributed by atoms with van der Waals surface area (Å²) in [7, 11) is 0. The quantitative estimate of drug-likeness (QED) is 0.686. The molecule has 20 heavy (non-hydrogen) atoms. The number of fused-ring (bicyclic) bond motifs is 1. The van der Waals surface area contributed by atoms with Crippen LogP contribution >= 0.6 is 0 Å². The first kappa shape index (κ1) is 14.5. The Balaban J connectivity index is 2.34. The molecule has 1 aromatic carbocycles. The largest absolute Gasteiger partial charge is 0.368 e. The van der Waals surface area contributed by atoms with Crippen LogP contribution in [0, 0.1) is 0 Å². The molecule has 1 N–H and O–H groups in total. The summed E-state index contributed by atoms with van der Waals surface area (Å²) >= 11 is 0. The number of nitrogens with one attached hydrogen (secondary N) is 1. The van der Waals surface area contributed by atoms with Crippen LogP contribution in [-0.2, 0) is 11.2 Å². The Morgan fingerprint density at radius 2 is 1.95 bits per heavy atom. The number of carbonyl (C=O) groups excluding carboxylic acids is 2. The van der Waals surface area contributed by atoms with Gasteiger partial charge >= 0.3 is 12.3 Å². The van der Waals surface area contributed by atoms with Crippen molar-refractivity contribution in [2.45, 2.75) is 31.6 Å². The van der Waals surface area contributed by atoms with Crippen LogP contribution in [0.3, 0.4) is 0 Å². The first-order valence-corrected chi connectivity index (χ1v) is 5.96. The zero-order valence-corrected chi connectivity index (χ0v) is 10.3. The molecule has 0 atom stereocenters. The number of anilines is 1. The van der Waals surface area contributed by atoms with Crippen LogP contribution in [0.15, 0.2) is 18.2 Å². The number of halogens is 4. The van der Waals surface area contributed by atoms with E-state index in [2.05, 4.69) is 5.32 Å². The van der Waals surface area contributed by atoms with Crippen molar-refractivity contribution >= 4 is 17.4 Å². The van der Waals surface area contributed by atoms with Gasteiger partial charge in [0.05, 0.1) is 0 Å². The molecule has 0 bridgehead atoms. The highest BCUT2D eigenvalue weighted by atomic mass is 19.3. The Kier molecular flexibility index (Phi) is 3.78. The monoisotopic (exact) mass is 289 g/mol. The smallest absolute Gasteiger partial charge is 0.326 e. The van der Waals surface area contributed by atoms with E-state index in [-0.39, 0.29) is 12.3 Å². The molecule has 1 heterocycles. The van der Waals surface area contributed by atoms with E-state index in [9.17, 15) is 27.2 Å². The number of hydrogen-bond acceptors (Lipinski definition) is 2. The van der Waals surface area contributed by atoms with E-state index in [4.69, 9.17) is 0 Å². The molecule has 1 aliphatic rings. The molecular formula is C13H11F4NO2. The standard InChI is InChI=1S/C13H11F4NO2/c14-12(15)13(16,17)11(20)8-4-5-9-7(6-8)2-1-3-10(19)18-9/h4-6,12H,1-3H2,(H,18,19). The van der Waals surface area contributed by atoms with E-state index >= 15 is 0 Å². The minimum absolute atomic E-state index is 0.208. The highest BCUT2D eigenvalue weighted by Crippen LogP contribution is 2.30. The molecule has 7 heteroatoms. The summed E-state index contributed by atoms with van der Waals surface area (Å²) in [6.07, 6.45) is -2.85. The maximum Gasteiger partial charge on any atom is 0.368 e. The summed E-state index contributed by atoms with van der Waals surface area (Å²) in [5, 5.41) is 2.56. The number of ketones is 1. The number of benzene rings is 1. The Labute approximate surface area is 112 Å². The molecule has 1 aliphatic heterocycles. The van der Waals surface area contributed by atoms with Gasteiger partial charge in [-0.1, -0.05) is 0 Å². The molecule has 0 aromatic heterocycles. The van der Waals surface area contributed by atoms with Crippen LogP contribution in [0.1, 0.15) is 28.8 Å². The minimum Gasteiger partial charge on any atom is -0.326 e. The fourth-order valence-corrected chi connectivity index (χ4v) is 2.01. The van der Waals surface area contributed by atoms with Gasteiger partial charge in [0.25, 0.3) is 0 Å². The fourth-order valence-electron chi connectivity index (χ4n) is 2.01. The summed E-state index contributed by atoms with van der Waals surface area (Å²) < 4.78 is 50.4. The number of carbonyl (C=O) groups is 2. The number of amides is 1. The second-order valence-corrected chi connectivity index (χ2v) is 4.53. The van der Waals surface area contributed by atoms with E-state index in [1.807, 2.05) is 0 Å². The highest BCUT2D eigenvalue weighted by molar-refractivity contribution is 6.02. The third kappa shape index (κ3) is 2.66. The molecule has 0 saturated carbocycles. The van der Waals surface area contributed by atoms with Crippen molar-refractivity contribution in [3.05, 3.63) is 29.3 Å². The molecule has 3 nitrogen and oxygen atoms in total. The number of rotatable bonds is 3. The van der Waals surface area contributed by atoms with Crippen molar-refractivity contribution in [3.63, 3.8) is 0 Å². The van der Waals surface area contributed by atoms with Crippen molar-refractivity contribution in [1.82, 2.24) is 0 Å². The Hall–Kier alpha value is -1.92. The topological polar surface area (TPSA) is 46.2 Å². The second-order valence-electron chi connectivity index (χ2n) is 4.53. The molecule has 2 rings (SSSR count). The van der Waals surface area contributed by atoms with Gasteiger partial charge in [0.1, 0.15) is 0 Å². The van der Waals surface area contributed by atoms with Crippen molar-refractivity contribution in [3.8, 4) is 0 Å². The van der Waals surface area contributed by atoms with Gasteiger partial charge in [-0.05, 0) is 36.6 Å². The number of aryl methyl sites for hydroxylation is 1. The predicted octanol–water partition coefficient (Wildman–Crippen LogP) is 3.04. The van der Waals surface area contributed by atoms with E-state index in [1.54, 1.807) is 0 Å². The van der Waals surface area contributed by atoms with Crippen molar-refractivity contribution in [1.29, 1.82) is 0 Å². The molecule has 0 aliphatic carbocycles. The lowest BCUT2D eigenvalue weighted by Gasteiger charge is -2.15. The zero-order chi connectivity index (χ0) is 14.9. The number of hydrogen-bond donors (Lipinski definition) is 1. The van der Waals surface area contributed by atoms with E-state index in [0.29, 0.717) is 24.1 Å². The third-order valence-electron chi connectivity index (χ3n) is 3.07. The SMILES string of the molecule is O=C1CCCc2cc(C(=O)C(F)(F)C(F)F)ccc2N1. The highest BCUT2D eigenvalue weighted by Gasteiger charge is 2.49. The lowest BCUT2D eigenvalue weighted by atomic mass is 9.99. The molecule has 0 saturated heterocycles. The summed E-state index contributed by atoms with van der Waals surface area (Å²) in [5.74, 6) is -6.83. The fraction of sp³-hybridized carbons (Fsp3) is 0.385. The third-order valence-corrected chi connectivity index (χ3v) is 3.07. The van der Waals surface area contributed by atoms with Gasteiger partial charge in [-0.15, -0.1) is 0 Å². The van der Waals surface area contributed by atoms with Crippen LogP contribution < -0.4 is 5.32 Å². The van der Waals surface area contributed by atoms with Gasteiger partial charge < -0.3 is 5.32 Å². The molecule has 1 aromatic rings. The van der Waals surface area contributed by atoms with Crippen LogP contribution in [-0.4, -0.2) is 24.0 Å². The van der Waals surface area contributed by atoms with Crippen molar-refractivity contribution in [2.24, 2.45) is 0 Å². The number of Topliss-reactive ketones (excluding diaryl/α,β-unsaturated/α-hetero) is 1.